The summed E-state index contributed by atoms with van der Waals surface area (Å²) in [5.74, 6) is 0.399. The third-order valence-corrected chi connectivity index (χ3v) is 8.13. The number of rotatable bonds is 13. The van der Waals surface area contributed by atoms with E-state index in [1.165, 1.54) is 6.92 Å². The van der Waals surface area contributed by atoms with Crippen molar-refractivity contribution in [1.29, 1.82) is 0 Å². The number of benzene rings is 1. The average molecular weight is 652 g/mol. The first-order chi connectivity index (χ1) is 22.8. The third kappa shape index (κ3) is 8.43. The van der Waals surface area contributed by atoms with Crippen LogP contribution < -0.4 is 14.5 Å². The number of anilines is 2. The molecule has 4 heterocycles. The molecule has 2 aromatic heterocycles. The molecule has 0 amide bonds. The standard InChI is InChI=1S/C33H41N5O9/c1-21-15-43-11-9-37(21)32-27-6-7-28(34-31(27)35-33(36-32)38-10-12-44-16-22(38)2)25-5-8-29(42-4)26(14-25)19-47-30(41)13-24(17-45-20-39)18-46-23(3)40/h5-8,14,20-22,24H,9-13,15-19H2,1-4H3/t21-,22-,24?/m1/s1. The Hall–Kier alpha value is -4.56. The van der Waals surface area contributed by atoms with E-state index in [0.29, 0.717) is 68.1 Å². The number of esters is 2. The van der Waals surface area contributed by atoms with Gasteiger partial charge in [0.1, 0.15) is 18.2 Å². The van der Waals surface area contributed by atoms with E-state index in [0.717, 1.165) is 16.8 Å². The van der Waals surface area contributed by atoms with E-state index in [4.69, 9.17) is 43.4 Å². The zero-order valence-corrected chi connectivity index (χ0v) is 27.2. The van der Waals surface area contributed by atoms with Crippen molar-refractivity contribution in [3.05, 3.63) is 35.9 Å². The molecular weight excluding hydrogens is 610 g/mol. The average Bonchev–Trinajstić information content (AvgIpc) is 3.08. The Morgan fingerprint density at radius 2 is 1.72 bits per heavy atom. The van der Waals surface area contributed by atoms with Gasteiger partial charge in [0.05, 0.1) is 76.3 Å². The Kier molecular flexibility index (Phi) is 11.4. The SMILES string of the molecule is COc1ccc(-c2ccc3c(N4CCOC[C@H]4C)nc(N4CCOC[C@H]4C)nc3n2)cc1COC(=O)CC(COC=O)COC(C)=O. The van der Waals surface area contributed by atoms with Gasteiger partial charge in [-0.15, -0.1) is 0 Å². The molecule has 3 atom stereocenters. The number of hydrogen-bond donors (Lipinski definition) is 0. The van der Waals surface area contributed by atoms with Gasteiger partial charge in [-0.3, -0.25) is 14.4 Å². The Labute approximate surface area is 273 Å². The molecule has 0 N–H and O–H groups in total. The fourth-order valence-electron chi connectivity index (χ4n) is 5.64. The highest BCUT2D eigenvalue weighted by atomic mass is 16.5. The van der Waals surface area contributed by atoms with Gasteiger partial charge in [-0.1, -0.05) is 0 Å². The maximum Gasteiger partial charge on any atom is 0.306 e. The van der Waals surface area contributed by atoms with Crippen molar-refractivity contribution in [2.24, 2.45) is 5.92 Å². The summed E-state index contributed by atoms with van der Waals surface area (Å²) < 4.78 is 32.2. The quantitative estimate of drug-likeness (QED) is 0.151. The molecule has 1 aromatic carbocycles. The first-order valence-electron chi connectivity index (χ1n) is 15.7. The fraction of sp³-hybridized carbons (Fsp3) is 0.515. The molecule has 0 spiro atoms. The van der Waals surface area contributed by atoms with Crippen LogP contribution >= 0.6 is 0 Å². The van der Waals surface area contributed by atoms with Crippen LogP contribution in [0.4, 0.5) is 11.8 Å². The number of nitrogens with zero attached hydrogens (tertiary/aromatic N) is 5. The summed E-state index contributed by atoms with van der Waals surface area (Å²) in [4.78, 5) is 54.0. The van der Waals surface area contributed by atoms with E-state index in [9.17, 15) is 14.4 Å². The van der Waals surface area contributed by atoms with Crippen LogP contribution in [-0.4, -0.2) is 105 Å². The maximum absolute atomic E-state index is 12.7. The highest BCUT2D eigenvalue weighted by Gasteiger charge is 2.28. The molecule has 14 nitrogen and oxygen atoms in total. The predicted octanol–water partition coefficient (Wildman–Crippen LogP) is 2.94. The molecule has 252 valence electrons. The van der Waals surface area contributed by atoms with Crippen molar-refractivity contribution in [2.75, 3.05) is 69.6 Å². The van der Waals surface area contributed by atoms with Gasteiger partial charge < -0.3 is 38.2 Å². The minimum absolute atomic E-state index is 0.0709. The normalized spacial score (nSPS) is 18.8. The van der Waals surface area contributed by atoms with Crippen molar-refractivity contribution >= 4 is 41.2 Å². The zero-order chi connectivity index (χ0) is 33.3. The van der Waals surface area contributed by atoms with Crippen LogP contribution in [0.5, 0.6) is 5.75 Å². The Morgan fingerprint density at radius 1 is 0.979 bits per heavy atom. The Morgan fingerprint density at radius 3 is 2.40 bits per heavy atom. The van der Waals surface area contributed by atoms with E-state index in [1.807, 2.05) is 24.3 Å². The van der Waals surface area contributed by atoms with Gasteiger partial charge in [0.25, 0.3) is 6.47 Å². The topological polar surface area (TPSA) is 152 Å². The second-order valence-electron chi connectivity index (χ2n) is 11.6. The van der Waals surface area contributed by atoms with Crippen LogP contribution in [0.25, 0.3) is 22.3 Å². The maximum atomic E-state index is 12.7. The van der Waals surface area contributed by atoms with Gasteiger partial charge in [0.15, 0.2) is 5.65 Å². The molecule has 47 heavy (non-hydrogen) atoms. The van der Waals surface area contributed by atoms with Crippen LogP contribution in [0, 0.1) is 5.92 Å². The van der Waals surface area contributed by atoms with Gasteiger partial charge in [-0.2, -0.15) is 9.97 Å². The number of carbonyl (C=O) groups is 3. The van der Waals surface area contributed by atoms with E-state index < -0.39 is 17.9 Å². The van der Waals surface area contributed by atoms with Gasteiger partial charge >= 0.3 is 11.9 Å². The van der Waals surface area contributed by atoms with Crippen LogP contribution in [0.15, 0.2) is 30.3 Å². The lowest BCUT2D eigenvalue weighted by Gasteiger charge is -2.37. The summed E-state index contributed by atoms with van der Waals surface area (Å²) in [6.07, 6.45) is -0.108. The zero-order valence-electron chi connectivity index (χ0n) is 27.2. The lowest BCUT2D eigenvalue weighted by Crippen LogP contribution is -2.46. The van der Waals surface area contributed by atoms with Gasteiger partial charge in [0, 0.05) is 37.1 Å². The molecule has 0 radical (unpaired) electrons. The number of fused-ring (bicyclic) bond motifs is 1. The summed E-state index contributed by atoms with van der Waals surface area (Å²) in [5, 5.41) is 0.844. The number of hydrogen-bond acceptors (Lipinski definition) is 14. The number of carbonyl (C=O) groups excluding carboxylic acids is 3. The predicted molar refractivity (Wildman–Crippen MR) is 171 cm³/mol. The highest BCUT2D eigenvalue weighted by Crippen LogP contribution is 2.32. The first kappa shape index (κ1) is 33.8. The lowest BCUT2D eigenvalue weighted by molar-refractivity contribution is -0.151. The molecule has 3 aromatic rings. The van der Waals surface area contributed by atoms with E-state index in [2.05, 4.69) is 23.6 Å². The molecule has 0 bridgehead atoms. The second kappa shape index (κ2) is 15.8. The van der Waals surface area contributed by atoms with Gasteiger partial charge in [0.2, 0.25) is 5.95 Å². The van der Waals surface area contributed by atoms with Gasteiger partial charge in [-0.25, -0.2) is 4.98 Å². The molecule has 1 unspecified atom stereocenters. The number of aromatic nitrogens is 3. The second-order valence-corrected chi connectivity index (χ2v) is 11.6. The molecule has 5 rings (SSSR count). The minimum Gasteiger partial charge on any atom is -0.496 e. The number of ether oxygens (including phenoxy) is 6. The Balaban J connectivity index is 1.42. The molecule has 2 fully saturated rings. The van der Waals surface area contributed by atoms with Crippen LogP contribution in [0.3, 0.4) is 0 Å². The molecule has 2 aliphatic rings. The van der Waals surface area contributed by atoms with E-state index in [-0.39, 0.29) is 44.8 Å². The molecule has 0 saturated carbocycles. The highest BCUT2D eigenvalue weighted by molar-refractivity contribution is 5.90. The molecule has 2 aliphatic heterocycles. The third-order valence-electron chi connectivity index (χ3n) is 8.13. The van der Waals surface area contributed by atoms with Crippen molar-refractivity contribution in [3.63, 3.8) is 0 Å². The number of methoxy groups -OCH3 is 1. The molecule has 2 saturated heterocycles. The summed E-state index contributed by atoms with van der Waals surface area (Å²) in [7, 11) is 1.54. The largest absolute Gasteiger partial charge is 0.496 e. The lowest BCUT2D eigenvalue weighted by atomic mass is 10.1. The summed E-state index contributed by atoms with van der Waals surface area (Å²) >= 11 is 0. The molecule has 14 heteroatoms. The van der Waals surface area contributed by atoms with Crippen molar-refractivity contribution < 1.29 is 42.8 Å². The molecular formula is C33H41N5O9. The van der Waals surface area contributed by atoms with E-state index in [1.54, 1.807) is 13.2 Å². The van der Waals surface area contributed by atoms with Crippen molar-refractivity contribution in [3.8, 4) is 17.0 Å². The summed E-state index contributed by atoms with van der Waals surface area (Å²) in [5.41, 5.74) is 2.67. The first-order valence-corrected chi connectivity index (χ1v) is 15.7. The van der Waals surface area contributed by atoms with Crippen molar-refractivity contribution in [2.45, 2.75) is 45.9 Å². The van der Waals surface area contributed by atoms with Crippen molar-refractivity contribution in [1.82, 2.24) is 15.0 Å². The molecule has 0 aliphatic carbocycles. The number of morpholine rings is 2. The smallest absolute Gasteiger partial charge is 0.306 e. The summed E-state index contributed by atoms with van der Waals surface area (Å²) in [6, 6.07) is 9.73. The minimum atomic E-state index is -0.542. The van der Waals surface area contributed by atoms with Crippen LogP contribution in [0.1, 0.15) is 32.8 Å². The fourth-order valence-corrected chi connectivity index (χ4v) is 5.64. The van der Waals surface area contributed by atoms with E-state index >= 15 is 0 Å². The van der Waals surface area contributed by atoms with Crippen LogP contribution in [0.2, 0.25) is 0 Å². The number of pyridine rings is 1. The van der Waals surface area contributed by atoms with Crippen LogP contribution in [-0.2, 0) is 44.7 Å². The summed E-state index contributed by atoms with van der Waals surface area (Å²) in [6.45, 7) is 9.34. The monoisotopic (exact) mass is 651 g/mol. The van der Waals surface area contributed by atoms with Gasteiger partial charge in [-0.05, 0) is 44.2 Å². The Bertz CT molecular complexity index is 1570.